The maximum atomic E-state index is 11.6. The third-order valence-electron chi connectivity index (χ3n) is 3.95. The van der Waals surface area contributed by atoms with Crippen LogP contribution in [0.15, 0.2) is 12.8 Å². The molecule has 6 unspecified atom stereocenters. The van der Waals surface area contributed by atoms with Gasteiger partial charge in [0.15, 0.2) is 0 Å². The van der Waals surface area contributed by atoms with Crippen molar-refractivity contribution in [2.45, 2.75) is 18.6 Å². The van der Waals surface area contributed by atoms with Gasteiger partial charge in [-0.1, -0.05) is 6.58 Å². The molecule has 3 rings (SSSR count). The highest BCUT2D eigenvalue weighted by atomic mass is 16.6. The molecule has 78 valence electrons. The zero-order chi connectivity index (χ0) is 10.6. The summed E-state index contributed by atoms with van der Waals surface area (Å²) in [6, 6.07) is 2.23. The van der Waals surface area contributed by atoms with Gasteiger partial charge in [-0.2, -0.15) is 5.26 Å². The minimum Gasteiger partial charge on any atom is -0.494 e. The Hall–Kier alpha value is -1.50. The smallest absolute Gasteiger partial charge is 0.311 e. The summed E-state index contributed by atoms with van der Waals surface area (Å²) in [6.07, 6.45) is 1.95. The van der Waals surface area contributed by atoms with Crippen molar-refractivity contribution in [1.82, 2.24) is 0 Å². The summed E-state index contributed by atoms with van der Waals surface area (Å²) < 4.78 is 10.7. The first kappa shape index (κ1) is 8.78. The van der Waals surface area contributed by atoms with Gasteiger partial charge in [0.1, 0.15) is 12.2 Å². The predicted octanol–water partition coefficient (Wildman–Crippen LogP) is 0.846. The Bertz CT molecular complexity index is 373. The van der Waals surface area contributed by atoms with E-state index in [1.807, 2.05) is 0 Å². The molecule has 1 saturated heterocycles. The topological polar surface area (TPSA) is 59.3 Å². The molecule has 0 amide bonds. The van der Waals surface area contributed by atoms with Crippen molar-refractivity contribution in [3.8, 4) is 6.07 Å². The first-order chi connectivity index (χ1) is 7.27. The third-order valence-corrected chi connectivity index (χ3v) is 3.95. The van der Waals surface area contributed by atoms with E-state index in [1.54, 1.807) is 0 Å². The fraction of sp³-hybridized carbons (Fsp3) is 0.636. The molecule has 0 aromatic carbocycles. The highest BCUT2D eigenvalue weighted by Crippen LogP contribution is 2.58. The molecule has 2 bridgehead atoms. The van der Waals surface area contributed by atoms with Gasteiger partial charge in [-0.3, -0.25) is 4.79 Å². The lowest BCUT2D eigenvalue weighted by Gasteiger charge is -2.27. The summed E-state index contributed by atoms with van der Waals surface area (Å²) in [5.41, 5.74) is 0. The van der Waals surface area contributed by atoms with Crippen molar-refractivity contribution in [3.05, 3.63) is 12.8 Å². The predicted molar refractivity (Wildman–Crippen MR) is 49.1 cm³/mol. The second-order valence-corrected chi connectivity index (χ2v) is 4.41. The van der Waals surface area contributed by atoms with E-state index in [4.69, 9.17) is 14.7 Å². The van der Waals surface area contributed by atoms with Gasteiger partial charge in [-0.05, 0) is 6.42 Å². The minimum absolute atomic E-state index is 0.138. The summed E-state index contributed by atoms with van der Waals surface area (Å²) >= 11 is 0. The molecule has 0 radical (unpaired) electrons. The van der Waals surface area contributed by atoms with Gasteiger partial charge < -0.3 is 9.47 Å². The van der Waals surface area contributed by atoms with E-state index < -0.39 is 0 Å². The Morgan fingerprint density at radius 3 is 3.07 bits per heavy atom. The molecule has 6 atom stereocenters. The van der Waals surface area contributed by atoms with E-state index >= 15 is 0 Å². The Kier molecular flexibility index (Phi) is 1.61. The molecule has 0 aromatic heterocycles. The summed E-state index contributed by atoms with van der Waals surface area (Å²) in [6.45, 7) is 3.51. The highest BCUT2D eigenvalue weighted by molar-refractivity contribution is 5.77. The third kappa shape index (κ3) is 0.883. The minimum atomic E-state index is -0.230. The van der Waals surface area contributed by atoms with Crippen LogP contribution >= 0.6 is 0 Å². The Balaban J connectivity index is 1.97. The zero-order valence-corrected chi connectivity index (χ0v) is 8.13. The maximum Gasteiger partial charge on any atom is 0.311 e. The van der Waals surface area contributed by atoms with Gasteiger partial charge in [0.2, 0.25) is 0 Å². The van der Waals surface area contributed by atoms with E-state index in [-0.39, 0.29) is 41.8 Å². The normalized spacial score (nSPS) is 49.9. The van der Waals surface area contributed by atoms with Gasteiger partial charge in [0.05, 0.1) is 24.2 Å². The molecule has 4 heteroatoms. The molecule has 3 aliphatic rings. The molecule has 2 aliphatic carbocycles. The fourth-order valence-corrected chi connectivity index (χ4v) is 3.46. The SMILES string of the molecule is C=COC1C2CC3C1OC(=O)C3C2C#N. The van der Waals surface area contributed by atoms with Crippen LogP contribution in [-0.4, -0.2) is 18.2 Å². The standard InChI is InChI=1S/C11H11NO3/c1-2-14-9-5-3-6-8(7(5)4-12)11(13)15-10(6)9/h2,5-10H,1,3H2. The summed E-state index contributed by atoms with van der Waals surface area (Å²) in [5, 5.41) is 9.07. The van der Waals surface area contributed by atoms with Crippen LogP contribution in [0.2, 0.25) is 0 Å². The molecular formula is C11H11NO3. The number of carbonyl (C=O) groups excluding carboxylic acids is 1. The van der Waals surface area contributed by atoms with Gasteiger partial charge in [-0.15, -0.1) is 0 Å². The van der Waals surface area contributed by atoms with Crippen LogP contribution in [0, 0.1) is 35.0 Å². The van der Waals surface area contributed by atoms with Crippen LogP contribution in [-0.2, 0) is 14.3 Å². The molecule has 0 N–H and O–H groups in total. The summed E-state index contributed by atoms with van der Waals surface area (Å²) in [7, 11) is 0. The second-order valence-electron chi connectivity index (χ2n) is 4.41. The van der Waals surface area contributed by atoms with E-state index in [1.165, 1.54) is 6.26 Å². The fourth-order valence-electron chi connectivity index (χ4n) is 3.46. The molecule has 15 heavy (non-hydrogen) atoms. The van der Waals surface area contributed by atoms with Crippen molar-refractivity contribution < 1.29 is 14.3 Å². The lowest BCUT2D eigenvalue weighted by Crippen LogP contribution is -2.37. The Labute approximate surface area is 87.5 Å². The Morgan fingerprint density at radius 2 is 2.40 bits per heavy atom. The first-order valence-corrected chi connectivity index (χ1v) is 5.14. The number of hydrogen-bond acceptors (Lipinski definition) is 4. The molecule has 4 nitrogen and oxygen atoms in total. The largest absolute Gasteiger partial charge is 0.494 e. The van der Waals surface area contributed by atoms with Crippen LogP contribution in [0.3, 0.4) is 0 Å². The van der Waals surface area contributed by atoms with Crippen molar-refractivity contribution in [3.63, 3.8) is 0 Å². The molecule has 0 aromatic rings. The molecule has 1 heterocycles. The van der Waals surface area contributed by atoms with E-state index in [9.17, 15) is 4.79 Å². The number of fused-ring (bicyclic) bond motifs is 1. The number of nitriles is 1. The lowest BCUT2D eigenvalue weighted by molar-refractivity contribution is -0.146. The van der Waals surface area contributed by atoms with E-state index in [0.29, 0.717) is 0 Å². The molecule has 3 fully saturated rings. The van der Waals surface area contributed by atoms with Crippen LogP contribution in [0.5, 0.6) is 0 Å². The van der Waals surface area contributed by atoms with Crippen molar-refractivity contribution >= 4 is 5.97 Å². The number of ether oxygens (including phenoxy) is 2. The van der Waals surface area contributed by atoms with Gasteiger partial charge in [0, 0.05) is 11.8 Å². The zero-order valence-electron chi connectivity index (χ0n) is 8.13. The average molecular weight is 205 g/mol. The number of carbonyl (C=O) groups is 1. The quantitative estimate of drug-likeness (QED) is 0.495. The Morgan fingerprint density at radius 1 is 1.60 bits per heavy atom. The lowest BCUT2D eigenvalue weighted by atomic mass is 9.79. The number of esters is 1. The highest BCUT2D eigenvalue weighted by Gasteiger charge is 2.67. The van der Waals surface area contributed by atoms with Crippen molar-refractivity contribution in [2.24, 2.45) is 23.7 Å². The van der Waals surface area contributed by atoms with Gasteiger partial charge >= 0.3 is 5.97 Å². The van der Waals surface area contributed by atoms with Crippen molar-refractivity contribution in [1.29, 1.82) is 5.26 Å². The van der Waals surface area contributed by atoms with Crippen LogP contribution in [0.4, 0.5) is 0 Å². The molecule has 2 saturated carbocycles. The van der Waals surface area contributed by atoms with Gasteiger partial charge in [0.25, 0.3) is 0 Å². The van der Waals surface area contributed by atoms with E-state index in [0.717, 1.165) is 6.42 Å². The second kappa shape index (κ2) is 2.75. The van der Waals surface area contributed by atoms with Gasteiger partial charge in [-0.25, -0.2) is 0 Å². The average Bonchev–Trinajstić information content (AvgIpc) is 2.80. The van der Waals surface area contributed by atoms with Crippen LogP contribution in [0.1, 0.15) is 6.42 Å². The van der Waals surface area contributed by atoms with Crippen LogP contribution < -0.4 is 0 Å². The van der Waals surface area contributed by atoms with Crippen molar-refractivity contribution in [2.75, 3.05) is 0 Å². The molecule has 0 spiro atoms. The number of nitrogens with zero attached hydrogens (tertiary/aromatic N) is 1. The first-order valence-electron chi connectivity index (χ1n) is 5.14. The van der Waals surface area contributed by atoms with E-state index in [2.05, 4.69) is 12.6 Å². The molecular weight excluding hydrogens is 194 g/mol. The summed E-state index contributed by atoms with van der Waals surface area (Å²) in [4.78, 5) is 11.6. The summed E-state index contributed by atoms with van der Waals surface area (Å²) in [5.74, 6) is -0.313. The van der Waals surface area contributed by atoms with Crippen LogP contribution in [0.25, 0.3) is 0 Å². The number of rotatable bonds is 2. The monoisotopic (exact) mass is 205 g/mol. The molecule has 1 aliphatic heterocycles. The maximum absolute atomic E-state index is 11.6. The number of hydrogen-bond donors (Lipinski definition) is 0.